The van der Waals surface area contributed by atoms with Crippen molar-refractivity contribution in [2.75, 3.05) is 41.1 Å². The first-order valence-corrected chi connectivity index (χ1v) is 11.9. The Kier molecular flexibility index (Phi) is 11.0. The Morgan fingerprint density at radius 2 is 1.76 bits per heavy atom. The molecule has 2 N–H and O–H groups in total. The second kappa shape index (κ2) is 14.4. The maximum Gasteiger partial charge on any atom is 0.251 e. The van der Waals surface area contributed by atoms with Crippen LogP contribution in [0.15, 0.2) is 54.6 Å². The molecule has 3 rings (SSSR count). The van der Waals surface area contributed by atoms with Crippen LogP contribution in [0.5, 0.6) is 17.2 Å². The van der Waals surface area contributed by atoms with Gasteiger partial charge in [0.2, 0.25) is 0 Å². The fourth-order valence-corrected chi connectivity index (χ4v) is 3.59. The zero-order chi connectivity index (χ0) is 26.6. The Morgan fingerprint density at radius 1 is 0.973 bits per heavy atom. The molecule has 37 heavy (non-hydrogen) atoms. The number of pyridine rings is 1. The number of carbonyl (C=O) groups excluding carboxylic acids is 1. The summed E-state index contributed by atoms with van der Waals surface area (Å²) in [5.41, 5.74) is 2.44. The summed E-state index contributed by atoms with van der Waals surface area (Å²) in [6.07, 6.45) is -1.03. The highest BCUT2D eigenvalue weighted by Crippen LogP contribution is 2.28. The second-order valence-corrected chi connectivity index (χ2v) is 8.32. The number of hydrogen-bond donors (Lipinski definition) is 2. The van der Waals surface area contributed by atoms with Crippen molar-refractivity contribution >= 4 is 17.5 Å². The molecule has 0 spiro atoms. The first-order valence-electron chi connectivity index (χ1n) is 11.6. The number of ether oxygens (including phenoxy) is 5. The van der Waals surface area contributed by atoms with Crippen molar-refractivity contribution < 1.29 is 33.6 Å². The monoisotopic (exact) mass is 530 g/mol. The van der Waals surface area contributed by atoms with E-state index in [2.05, 4.69) is 10.3 Å². The minimum atomic E-state index is -1.03. The summed E-state index contributed by atoms with van der Waals surface area (Å²) < 4.78 is 27.0. The normalized spacial score (nSPS) is 11.6. The number of aliphatic hydroxyl groups is 1. The van der Waals surface area contributed by atoms with Gasteiger partial charge in [0.15, 0.2) is 11.5 Å². The molecule has 1 aromatic heterocycles. The molecule has 3 aromatic rings. The minimum absolute atomic E-state index is 0.0438. The zero-order valence-electron chi connectivity index (χ0n) is 21.0. The Bertz CT molecular complexity index is 1160. The summed E-state index contributed by atoms with van der Waals surface area (Å²) in [6.45, 7) is 1.41. The Labute approximate surface area is 221 Å². The molecule has 1 heterocycles. The van der Waals surface area contributed by atoms with Gasteiger partial charge in [-0.25, -0.2) is 4.98 Å². The number of carbonyl (C=O) groups is 1. The quantitative estimate of drug-likeness (QED) is 0.238. The maximum atomic E-state index is 12.6. The van der Waals surface area contributed by atoms with Gasteiger partial charge in [-0.1, -0.05) is 29.8 Å². The van der Waals surface area contributed by atoms with Gasteiger partial charge < -0.3 is 34.1 Å². The Hall–Kier alpha value is -3.37. The number of nitrogens with one attached hydrogen (secondary N) is 1. The first kappa shape index (κ1) is 28.2. The number of methoxy groups -OCH3 is 3. The van der Waals surface area contributed by atoms with Crippen LogP contribution in [0.25, 0.3) is 0 Å². The third-order valence-corrected chi connectivity index (χ3v) is 5.71. The molecule has 0 bridgehead atoms. The molecule has 0 fully saturated rings. The molecule has 0 aliphatic heterocycles. The number of aliphatic hydroxyl groups excluding tert-OH is 1. The average molecular weight is 531 g/mol. The van der Waals surface area contributed by atoms with Gasteiger partial charge in [0.1, 0.15) is 23.6 Å². The van der Waals surface area contributed by atoms with E-state index in [0.717, 1.165) is 11.3 Å². The van der Waals surface area contributed by atoms with E-state index in [9.17, 15) is 9.90 Å². The molecule has 198 valence electrons. The van der Waals surface area contributed by atoms with E-state index in [0.29, 0.717) is 54.7 Å². The predicted molar refractivity (Wildman–Crippen MR) is 138 cm³/mol. The number of hydrogen-bond acceptors (Lipinski definition) is 8. The van der Waals surface area contributed by atoms with Gasteiger partial charge in [0, 0.05) is 24.8 Å². The third kappa shape index (κ3) is 8.33. The van der Waals surface area contributed by atoms with Crippen LogP contribution in [0.2, 0.25) is 5.15 Å². The predicted octanol–water partition coefficient (Wildman–Crippen LogP) is 3.96. The molecule has 1 amide bonds. The summed E-state index contributed by atoms with van der Waals surface area (Å²) in [6, 6.07) is 15.9. The molecule has 0 saturated heterocycles. The van der Waals surface area contributed by atoms with Crippen LogP contribution in [0.3, 0.4) is 0 Å². The van der Waals surface area contributed by atoms with Crippen LogP contribution in [0.4, 0.5) is 0 Å². The van der Waals surface area contributed by atoms with Gasteiger partial charge in [-0.3, -0.25) is 4.79 Å². The molecule has 0 aliphatic carbocycles. The fraction of sp³-hybridized carbons (Fsp3) is 0.333. The van der Waals surface area contributed by atoms with E-state index in [1.54, 1.807) is 44.6 Å². The van der Waals surface area contributed by atoms with Crippen LogP contribution in [0, 0.1) is 0 Å². The number of halogens is 1. The van der Waals surface area contributed by atoms with E-state index < -0.39 is 6.10 Å². The van der Waals surface area contributed by atoms with Crippen LogP contribution < -0.4 is 19.5 Å². The second-order valence-electron chi connectivity index (χ2n) is 7.96. The van der Waals surface area contributed by atoms with Crippen molar-refractivity contribution in [3.8, 4) is 17.2 Å². The lowest BCUT2D eigenvalue weighted by atomic mass is 10.1. The molecule has 1 unspecified atom stereocenters. The van der Waals surface area contributed by atoms with Gasteiger partial charge in [-0.2, -0.15) is 0 Å². The lowest BCUT2D eigenvalue weighted by Crippen LogP contribution is -2.28. The Balaban J connectivity index is 1.47. The van der Waals surface area contributed by atoms with Gasteiger partial charge in [0.05, 0.1) is 39.7 Å². The molecular formula is C27H31ClN2O7. The van der Waals surface area contributed by atoms with E-state index >= 15 is 0 Å². The molecular weight excluding hydrogens is 500 g/mol. The van der Waals surface area contributed by atoms with E-state index in [-0.39, 0.29) is 17.6 Å². The molecule has 1 atom stereocenters. The summed E-state index contributed by atoms with van der Waals surface area (Å²) in [7, 11) is 4.68. The SMILES string of the molecule is COCc1ccc(C(O)CNC(=O)c2ccc(OCCOCc3ccc(OC)cc3)c(OC)c2)nc1Cl. The summed E-state index contributed by atoms with van der Waals surface area (Å²) in [5.74, 6) is 1.31. The van der Waals surface area contributed by atoms with Gasteiger partial charge in [-0.15, -0.1) is 0 Å². The van der Waals surface area contributed by atoms with E-state index in [4.69, 9.17) is 35.3 Å². The van der Waals surface area contributed by atoms with Crippen molar-refractivity contribution in [3.63, 3.8) is 0 Å². The van der Waals surface area contributed by atoms with Crippen LogP contribution in [0.1, 0.15) is 33.3 Å². The summed E-state index contributed by atoms with van der Waals surface area (Å²) in [5, 5.41) is 13.3. The first-order chi connectivity index (χ1) is 17.9. The average Bonchev–Trinajstić information content (AvgIpc) is 2.92. The lowest BCUT2D eigenvalue weighted by molar-refractivity contribution is 0.0877. The topological polar surface area (TPSA) is 108 Å². The minimum Gasteiger partial charge on any atom is -0.497 e. The molecule has 0 radical (unpaired) electrons. The molecule has 9 nitrogen and oxygen atoms in total. The smallest absolute Gasteiger partial charge is 0.251 e. The molecule has 0 saturated carbocycles. The third-order valence-electron chi connectivity index (χ3n) is 5.38. The van der Waals surface area contributed by atoms with Crippen LogP contribution >= 0.6 is 11.6 Å². The van der Waals surface area contributed by atoms with Gasteiger partial charge in [-0.05, 0) is 42.0 Å². The van der Waals surface area contributed by atoms with Crippen LogP contribution in [-0.2, 0) is 22.7 Å². The van der Waals surface area contributed by atoms with Crippen LogP contribution in [-0.4, -0.2) is 57.1 Å². The summed E-state index contributed by atoms with van der Waals surface area (Å²) in [4.78, 5) is 16.8. The van der Waals surface area contributed by atoms with Crippen molar-refractivity contribution in [2.45, 2.75) is 19.3 Å². The number of rotatable bonds is 14. The van der Waals surface area contributed by atoms with Crippen molar-refractivity contribution in [3.05, 3.63) is 82.1 Å². The maximum absolute atomic E-state index is 12.6. The van der Waals surface area contributed by atoms with Crippen molar-refractivity contribution in [1.29, 1.82) is 0 Å². The highest BCUT2D eigenvalue weighted by molar-refractivity contribution is 6.30. The largest absolute Gasteiger partial charge is 0.497 e. The number of aromatic nitrogens is 1. The molecule has 10 heteroatoms. The number of amides is 1. The standard InChI is InChI=1S/C27H31ClN2O7/c1-33-17-20-6-10-22(30-26(20)28)23(31)15-29-27(32)19-7-11-24(25(14-19)35-3)37-13-12-36-16-18-4-8-21(34-2)9-5-18/h4-11,14,23,31H,12-13,15-17H2,1-3H3,(H,29,32). The number of nitrogens with zero attached hydrogens (tertiary/aromatic N) is 1. The molecule has 0 aliphatic rings. The van der Waals surface area contributed by atoms with Gasteiger partial charge in [0.25, 0.3) is 5.91 Å². The zero-order valence-corrected chi connectivity index (χ0v) is 21.8. The lowest BCUT2D eigenvalue weighted by Gasteiger charge is -2.14. The van der Waals surface area contributed by atoms with Crippen molar-refractivity contribution in [2.24, 2.45) is 0 Å². The van der Waals surface area contributed by atoms with E-state index in [1.165, 1.54) is 7.11 Å². The van der Waals surface area contributed by atoms with Crippen molar-refractivity contribution in [1.82, 2.24) is 10.3 Å². The summed E-state index contributed by atoms with van der Waals surface area (Å²) >= 11 is 6.12. The van der Waals surface area contributed by atoms with E-state index in [1.807, 2.05) is 24.3 Å². The molecule has 2 aromatic carbocycles. The Morgan fingerprint density at radius 3 is 2.43 bits per heavy atom. The highest BCUT2D eigenvalue weighted by Gasteiger charge is 2.16. The number of benzene rings is 2. The highest BCUT2D eigenvalue weighted by atomic mass is 35.5. The van der Waals surface area contributed by atoms with Gasteiger partial charge >= 0.3 is 0 Å². The fourth-order valence-electron chi connectivity index (χ4n) is 3.37.